The van der Waals surface area contributed by atoms with Gasteiger partial charge < -0.3 is 10.2 Å². The van der Waals surface area contributed by atoms with Crippen LogP contribution in [-0.2, 0) is 0 Å². The fraction of sp³-hybridized carbons (Fsp3) is 0.533. The lowest BCUT2D eigenvalue weighted by Crippen LogP contribution is -2.44. The van der Waals surface area contributed by atoms with Gasteiger partial charge in [-0.25, -0.2) is 0 Å². The second kappa shape index (κ2) is 6.67. The van der Waals surface area contributed by atoms with Crippen LogP contribution in [0.1, 0.15) is 35.2 Å². The lowest BCUT2D eigenvalue weighted by atomic mass is 10.0. The van der Waals surface area contributed by atoms with Gasteiger partial charge in [0.1, 0.15) is 5.56 Å². The molecule has 1 N–H and O–H groups in total. The molecule has 1 amide bonds. The van der Waals surface area contributed by atoms with Crippen LogP contribution in [0.3, 0.4) is 0 Å². The maximum absolute atomic E-state index is 12.5. The number of benzene rings is 1. The molecule has 1 aromatic rings. The van der Waals surface area contributed by atoms with E-state index in [0.717, 1.165) is 25.8 Å². The van der Waals surface area contributed by atoms with E-state index >= 15 is 0 Å². The summed E-state index contributed by atoms with van der Waals surface area (Å²) in [5.74, 6) is -0.294. The number of nitrogens with zero attached hydrogens (tertiary/aromatic N) is 2. The number of nitrogens with one attached hydrogen (secondary N) is 1. The first-order valence-electron chi connectivity index (χ1n) is 7.23. The molecule has 1 unspecified atom stereocenters. The minimum Gasteiger partial charge on any atom is -0.340 e. The molecule has 114 valence electrons. The molecule has 1 saturated heterocycles. The highest BCUT2D eigenvalue weighted by atomic mass is 16.6. The number of piperidine rings is 1. The van der Waals surface area contributed by atoms with E-state index in [1.165, 1.54) is 6.07 Å². The maximum Gasteiger partial charge on any atom is 0.285 e. The SMILES string of the molecule is Cc1cccc(C(=O)N(C)CC2CCCCN2)c1[N+](=O)[O-]. The molecule has 6 heteroatoms. The lowest BCUT2D eigenvalue weighted by molar-refractivity contribution is -0.385. The molecule has 1 heterocycles. The molecular formula is C15H21N3O3. The van der Waals surface area contributed by atoms with Gasteiger partial charge in [0.05, 0.1) is 4.92 Å². The second-order valence-electron chi connectivity index (χ2n) is 5.56. The Morgan fingerprint density at radius 1 is 1.48 bits per heavy atom. The van der Waals surface area contributed by atoms with Crippen LogP contribution in [0.15, 0.2) is 18.2 Å². The Kier molecular flexibility index (Phi) is 4.90. The summed E-state index contributed by atoms with van der Waals surface area (Å²) in [7, 11) is 1.70. The molecule has 6 nitrogen and oxygen atoms in total. The Bertz CT molecular complexity index is 539. The average Bonchev–Trinajstić information content (AvgIpc) is 2.46. The summed E-state index contributed by atoms with van der Waals surface area (Å²) in [5.41, 5.74) is 0.583. The van der Waals surface area contributed by atoms with Gasteiger partial charge in [-0.3, -0.25) is 14.9 Å². The van der Waals surface area contributed by atoms with Crippen molar-refractivity contribution in [2.75, 3.05) is 20.1 Å². The number of carbonyl (C=O) groups excluding carboxylic acids is 1. The fourth-order valence-electron chi connectivity index (χ4n) is 2.77. The third-order valence-electron chi connectivity index (χ3n) is 3.90. The normalized spacial score (nSPS) is 18.3. The highest BCUT2D eigenvalue weighted by Crippen LogP contribution is 2.24. The molecule has 0 saturated carbocycles. The van der Waals surface area contributed by atoms with Crippen molar-refractivity contribution in [3.63, 3.8) is 0 Å². The minimum atomic E-state index is -0.477. The van der Waals surface area contributed by atoms with Gasteiger partial charge in [-0.15, -0.1) is 0 Å². The molecule has 0 aliphatic carbocycles. The van der Waals surface area contributed by atoms with Crippen LogP contribution in [0.25, 0.3) is 0 Å². The fourth-order valence-corrected chi connectivity index (χ4v) is 2.77. The number of nitro benzene ring substituents is 1. The quantitative estimate of drug-likeness (QED) is 0.681. The Morgan fingerprint density at radius 2 is 2.24 bits per heavy atom. The second-order valence-corrected chi connectivity index (χ2v) is 5.56. The number of rotatable bonds is 4. The molecule has 1 aromatic carbocycles. The van der Waals surface area contributed by atoms with Gasteiger partial charge in [0, 0.05) is 25.2 Å². The van der Waals surface area contributed by atoms with Crippen molar-refractivity contribution >= 4 is 11.6 Å². The van der Waals surface area contributed by atoms with Crippen molar-refractivity contribution in [1.82, 2.24) is 10.2 Å². The van der Waals surface area contributed by atoms with Crippen molar-refractivity contribution in [2.45, 2.75) is 32.2 Å². The standard InChI is InChI=1S/C15H21N3O3/c1-11-6-5-8-13(14(11)18(20)21)15(19)17(2)10-12-7-3-4-9-16-12/h5-6,8,12,16H,3-4,7,9-10H2,1-2H3. The number of likely N-dealkylation sites (N-methyl/N-ethyl adjacent to an activating group) is 1. The van der Waals surface area contributed by atoms with E-state index in [4.69, 9.17) is 0 Å². The van der Waals surface area contributed by atoms with Crippen LogP contribution in [-0.4, -0.2) is 41.9 Å². The molecule has 1 fully saturated rings. The number of nitro groups is 1. The Labute approximate surface area is 124 Å². The summed E-state index contributed by atoms with van der Waals surface area (Å²) < 4.78 is 0. The van der Waals surface area contributed by atoms with E-state index in [0.29, 0.717) is 12.1 Å². The Balaban J connectivity index is 2.15. The molecule has 1 aliphatic heterocycles. The van der Waals surface area contributed by atoms with E-state index in [9.17, 15) is 14.9 Å². The molecule has 1 atom stereocenters. The predicted molar refractivity (Wildman–Crippen MR) is 80.4 cm³/mol. The van der Waals surface area contributed by atoms with Crippen LogP contribution >= 0.6 is 0 Å². The minimum absolute atomic E-state index is 0.0917. The Morgan fingerprint density at radius 3 is 2.86 bits per heavy atom. The van der Waals surface area contributed by atoms with E-state index in [1.54, 1.807) is 31.0 Å². The number of carbonyl (C=O) groups is 1. The van der Waals surface area contributed by atoms with Gasteiger partial charge in [0.15, 0.2) is 0 Å². The number of aryl methyl sites for hydroxylation is 1. The van der Waals surface area contributed by atoms with Crippen LogP contribution in [0.4, 0.5) is 5.69 Å². The summed E-state index contributed by atoms with van der Waals surface area (Å²) in [4.78, 5) is 24.8. The molecule has 0 aromatic heterocycles. The first-order valence-corrected chi connectivity index (χ1v) is 7.23. The molecular weight excluding hydrogens is 270 g/mol. The summed E-state index contributed by atoms with van der Waals surface area (Å²) in [6.45, 7) is 3.19. The molecule has 21 heavy (non-hydrogen) atoms. The first kappa shape index (κ1) is 15.4. The zero-order chi connectivity index (χ0) is 15.4. The van der Waals surface area contributed by atoms with E-state index in [-0.39, 0.29) is 23.2 Å². The zero-order valence-corrected chi connectivity index (χ0v) is 12.5. The molecule has 1 aliphatic rings. The van der Waals surface area contributed by atoms with E-state index in [1.807, 2.05) is 0 Å². The summed E-state index contributed by atoms with van der Waals surface area (Å²) in [6, 6.07) is 5.13. The molecule has 2 rings (SSSR count). The smallest absolute Gasteiger partial charge is 0.285 e. The van der Waals surface area contributed by atoms with E-state index < -0.39 is 4.92 Å². The van der Waals surface area contributed by atoms with Gasteiger partial charge in [0.2, 0.25) is 0 Å². The number of amides is 1. The monoisotopic (exact) mass is 291 g/mol. The van der Waals surface area contributed by atoms with E-state index in [2.05, 4.69) is 5.32 Å². The third kappa shape index (κ3) is 3.58. The van der Waals surface area contributed by atoms with Gasteiger partial charge in [-0.05, 0) is 32.4 Å². The summed E-state index contributed by atoms with van der Waals surface area (Å²) in [6.07, 6.45) is 3.36. The molecule has 0 spiro atoms. The molecule has 0 radical (unpaired) electrons. The van der Waals surface area contributed by atoms with Crippen LogP contribution in [0.2, 0.25) is 0 Å². The zero-order valence-electron chi connectivity index (χ0n) is 12.5. The Hall–Kier alpha value is -1.95. The summed E-state index contributed by atoms with van der Waals surface area (Å²) in [5, 5.41) is 14.6. The topological polar surface area (TPSA) is 75.5 Å². The van der Waals surface area contributed by atoms with Crippen LogP contribution < -0.4 is 5.32 Å². The van der Waals surface area contributed by atoms with Crippen molar-refractivity contribution in [2.24, 2.45) is 0 Å². The summed E-state index contributed by atoms with van der Waals surface area (Å²) >= 11 is 0. The molecule has 0 bridgehead atoms. The van der Waals surface area contributed by atoms with Gasteiger partial charge in [-0.1, -0.05) is 18.6 Å². The van der Waals surface area contributed by atoms with Crippen molar-refractivity contribution in [3.05, 3.63) is 39.4 Å². The lowest BCUT2D eigenvalue weighted by Gasteiger charge is -2.28. The van der Waals surface area contributed by atoms with Crippen LogP contribution in [0.5, 0.6) is 0 Å². The maximum atomic E-state index is 12.5. The van der Waals surface area contributed by atoms with Crippen LogP contribution in [0, 0.1) is 17.0 Å². The van der Waals surface area contributed by atoms with Crippen molar-refractivity contribution in [1.29, 1.82) is 0 Å². The van der Waals surface area contributed by atoms with Gasteiger partial charge >= 0.3 is 0 Å². The number of hydrogen-bond acceptors (Lipinski definition) is 4. The third-order valence-corrected chi connectivity index (χ3v) is 3.90. The van der Waals surface area contributed by atoms with Gasteiger partial charge in [0.25, 0.3) is 11.6 Å². The average molecular weight is 291 g/mol. The van der Waals surface area contributed by atoms with Crippen molar-refractivity contribution in [3.8, 4) is 0 Å². The van der Waals surface area contributed by atoms with Crippen molar-refractivity contribution < 1.29 is 9.72 Å². The van der Waals surface area contributed by atoms with Gasteiger partial charge in [-0.2, -0.15) is 0 Å². The number of hydrogen-bond donors (Lipinski definition) is 1. The highest BCUT2D eigenvalue weighted by Gasteiger charge is 2.26. The number of para-hydroxylation sites is 1. The predicted octanol–water partition coefficient (Wildman–Crippen LogP) is 2.12. The largest absolute Gasteiger partial charge is 0.340 e. The highest BCUT2D eigenvalue weighted by molar-refractivity contribution is 5.98. The first-order chi connectivity index (χ1) is 10.0.